The Morgan fingerprint density at radius 3 is 2.68 bits per heavy atom. The van der Waals surface area contributed by atoms with Gasteiger partial charge in [0.2, 0.25) is 6.79 Å². The van der Waals surface area contributed by atoms with E-state index >= 15 is 0 Å². The van der Waals surface area contributed by atoms with Gasteiger partial charge in [-0.3, -0.25) is 19.5 Å². The van der Waals surface area contributed by atoms with Gasteiger partial charge in [-0.25, -0.2) is 4.79 Å². The number of hydrogen-bond acceptors (Lipinski definition) is 9. The van der Waals surface area contributed by atoms with Gasteiger partial charge in [0.15, 0.2) is 5.96 Å². The van der Waals surface area contributed by atoms with Crippen molar-refractivity contribution in [2.24, 2.45) is 10.4 Å². The first-order valence-corrected chi connectivity index (χ1v) is 9.78. The predicted octanol–water partition coefficient (Wildman–Crippen LogP) is 0.605. The number of β-lactam (4-membered cyclic amide) rings is 1. The molecule has 2 atom stereocenters. The van der Waals surface area contributed by atoms with Gasteiger partial charge in [0.1, 0.15) is 17.1 Å². The topological polar surface area (TPSA) is 109 Å². The second-order valence-electron chi connectivity index (χ2n) is 7.55. The van der Waals surface area contributed by atoms with Crippen LogP contribution in [0.4, 0.5) is 0 Å². The van der Waals surface area contributed by atoms with E-state index in [0.29, 0.717) is 18.3 Å². The minimum Gasteiger partial charge on any atom is -0.427 e. The maximum Gasteiger partial charge on any atom is 0.357 e. The molecule has 0 bridgehead atoms. The summed E-state index contributed by atoms with van der Waals surface area (Å²) in [5.74, 6) is -0.117. The Morgan fingerprint density at radius 1 is 1.36 bits per heavy atom. The van der Waals surface area contributed by atoms with Crippen LogP contribution in [0.2, 0.25) is 0 Å². The Bertz CT molecular complexity index is 734. The molecule has 1 saturated heterocycles. The summed E-state index contributed by atoms with van der Waals surface area (Å²) < 4.78 is 10.1. The van der Waals surface area contributed by atoms with Crippen molar-refractivity contribution in [2.75, 3.05) is 25.6 Å². The predicted molar refractivity (Wildman–Crippen MR) is 107 cm³/mol. The zero-order chi connectivity index (χ0) is 19.8. The minimum atomic E-state index is -0.683. The van der Waals surface area contributed by atoms with Crippen LogP contribution in [-0.2, 0) is 23.9 Å². The van der Waals surface area contributed by atoms with Gasteiger partial charge in [0.05, 0.1) is 12.0 Å². The van der Waals surface area contributed by atoms with Crippen LogP contribution in [0.25, 0.3) is 0 Å². The van der Waals surface area contributed by atoms with Crippen LogP contribution in [0, 0.1) is 5.41 Å². The van der Waals surface area contributed by atoms with Crippen molar-refractivity contribution in [1.29, 1.82) is 0 Å². The number of halogens is 1. The highest BCUT2D eigenvalue weighted by Gasteiger charge is 2.53. The zero-order valence-corrected chi connectivity index (χ0v) is 17.9. The van der Waals surface area contributed by atoms with Crippen molar-refractivity contribution in [3.8, 4) is 0 Å². The van der Waals surface area contributed by atoms with E-state index in [1.54, 1.807) is 39.5 Å². The van der Waals surface area contributed by atoms with Gasteiger partial charge < -0.3 is 20.1 Å². The number of esters is 2. The molecule has 3 rings (SSSR count). The number of fused-ring (bicyclic) bond motifs is 1. The van der Waals surface area contributed by atoms with Gasteiger partial charge in [-0.1, -0.05) is 0 Å². The fraction of sp³-hybridized carbons (Fsp3) is 0.647. The maximum atomic E-state index is 12.6. The van der Waals surface area contributed by atoms with Crippen molar-refractivity contribution in [3.05, 3.63) is 11.3 Å². The molecule has 0 aromatic rings. The molecule has 2 N–H and O–H groups in total. The van der Waals surface area contributed by atoms with E-state index < -0.39 is 30.2 Å². The molecule has 3 heterocycles. The Morgan fingerprint density at radius 2 is 2.07 bits per heavy atom. The van der Waals surface area contributed by atoms with E-state index in [-0.39, 0.29) is 29.4 Å². The molecular formula is C17H25ClN4O5S. The standard InChI is InChI=1S/C17H24N4O5S.ClH/c1-9-7-27-13-10(20-16-18-5-6-19-16)12(22)21(13)11(9)14(23)25-8-26-15(24)17(2,3)4;/h10,13H,5-8H2,1-4H3,(H2,18,19,20);1H/t10?,13-;/m0./s1. The normalized spacial score (nSPS) is 23.6. The molecule has 3 aliphatic rings. The lowest BCUT2D eigenvalue weighted by molar-refractivity contribution is -0.173. The summed E-state index contributed by atoms with van der Waals surface area (Å²) in [6.45, 7) is 7.86. The number of thioether (sulfide) groups is 1. The van der Waals surface area contributed by atoms with Crippen molar-refractivity contribution < 1.29 is 23.9 Å². The molecule has 9 nitrogen and oxygen atoms in total. The Hall–Kier alpha value is -1.94. The van der Waals surface area contributed by atoms with Crippen molar-refractivity contribution in [2.45, 2.75) is 39.1 Å². The van der Waals surface area contributed by atoms with E-state index in [1.165, 1.54) is 4.90 Å². The third-order valence-electron chi connectivity index (χ3n) is 4.31. The molecule has 1 unspecified atom stereocenters. The van der Waals surface area contributed by atoms with E-state index in [1.807, 2.05) is 0 Å². The third-order valence-corrected chi connectivity index (χ3v) is 5.74. The van der Waals surface area contributed by atoms with Crippen molar-refractivity contribution in [1.82, 2.24) is 15.5 Å². The summed E-state index contributed by atoms with van der Waals surface area (Å²) in [6, 6.07) is -0.436. The smallest absolute Gasteiger partial charge is 0.357 e. The SMILES string of the molecule is CC1=C(C(=O)OCOC(=O)C(C)(C)C)N2C(=O)C(NC3=NCCN3)[C@@H]2SC1.Cl. The number of carbonyl (C=O) groups excluding carboxylic acids is 3. The first-order valence-electron chi connectivity index (χ1n) is 8.74. The number of ether oxygens (including phenoxy) is 2. The van der Waals surface area contributed by atoms with Crippen molar-refractivity contribution >= 4 is 48.0 Å². The van der Waals surface area contributed by atoms with Crippen LogP contribution in [0.5, 0.6) is 0 Å². The quantitative estimate of drug-likeness (QED) is 0.377. The summed E-state index contributed by atoms with van der Waals surface area (Å²) >= 11 is 1.58. The van der Waals surface area contributed by atoms with Crippen LogP contribution >= 0.6 is 24.2 Å². The summed E-state index contributed by atoms with van der Waals surface area (Å²) in [5.41, 5.74) is 0.304. The number of rotatable bonds is 4. The molecule has 0 aromatic heterocycles. The monoisotopic (exact) mass is 432 g/mol. The summed E-state index contributed by atoms with van der Waals surface area (Å²) in [6.07, 6.45) is 0. The van der Waals surface area contributed by atoms with Gasteiger partial charge in [-0.05, 0) is 33.3 Å². The molecule has 3 aliphatic heterocycles. The second kappa shape index (κ2) is 8.60. The Balaban J connectivity index is 0.00000280. The number of nitrogens with one attached hydrogen (secondary N) is 2. The van der Waals surface area contributed by atoms with Crippen LogP contribution in [0.15, 0.2) is 16.3 Å². The molecule has 156 valence electrons. The van der Waals surface area contributed by atoms with Crippen LogP contribution in [-0.4, -0.2) is 65.8 Å². The van der Waals surface area contributed by atoms with Gasteiger partial charge in [-0.15, -0.1) is 24.2 Å². The van der Waals surface area contributed by atoms with Gasteiger partial charge in [0.25, 0.3) is 5.91 Å². The average Bonchev–Trinajstić information content (AvgIpc) is 3.11. The number of aliphatic imine (C=N–C) groups is 1. The van der Waals surface area contributed by atoms with Gasteiger partial charge in [0, 0.05) is 12.3 Å². The zero-order valence-electron chi connectivity index (χ0n) is 16.2. The summed E-state index contributed by atoms with van der Waals surface area (Å²) in [4.78, 5) is 42.5. The van der Waals surface area contributed by atoms with Crippen LogP contribution in [0.3, 0.4) is 0 Å². The van der Waals surface area contributed by atoms with Crippen LogP contribution in [0.1, 0.15) is 27.7 Å². The molecule has 0 saturated carbocycles. The van der Waals surface area contributed by atoms with Crippen molar-refractivity contribution in [3.63, 3.8) is 0 Å². The van der Waals surface area contributed by atoms with E-state index in [0.717, 1.165) is 12.1 Å². The molecule has 0 aromatic carbocycles. The van der Waals surface area contributed by atoms with Gasteiger partial charge >= 0.3 is 11.9 Å². The summed E-state index contributed by atoms with van der Waals surface area (Å²) in [5, 5.41) is 5.97. The lowest BCUT2D eigenvalue weighted by Crippen LogP contribution is -2.71. The number of guanidine groups is 1. The number of amides is 1. The Kier molecular flexibility index (Phi) is 6.87. The number of carbonyl (C=O) groups is 3. The van der Waals surface area contributed by atoms with Crippen LogP contribution < -0.4 is 10.6 Å². The van der Waals surface area contributed by atoms with E-state index in [2.05, 4.69) is 15.6 Å². The lowest BCUT2D eigenvalue weighted by atomic mass is 9.98. The molecule has 28 heavy (non-hydrogen) atoms. The molecule has 1 amide bonds. The molecule has 0 aliphatic carbocycles. The highest BCUT2D eigenvalue weighted by atomic mass is 35.5. The molecule has 1 fully saturated rings. The molecule has 0 radical (unpaired) electrons. The first-order chi connectivity index (χ1) is 12.7. The molecule has 11 heteroatoms. The highest BCUT2D eigenvalue weighted by Crippen LogP contribution is 2.40. The molecule has 0 spiro atoms. The first kappa shape index (κ1) is 22.4. The maximum absolute atomic E-state index is 12.6. The number of hydrogen-bond donors (Lipinski definition) is 2. The second-order valence-corrected chi connectivity index (χ2v) is 8.65. The fourth-order valence-corrected chi connectivity index (χ4v) is 4.12. The Labute approximate surface area is 174 Å². The third kappa shape index (κ3) is 4.38. The lowest BCUT2D eigenvalue weighted by Gasteiger charge is -2.49. The largest absolute Gasteiger partial charge is 0.427 e. The van der Waals surface area contributed by atoms with E-state index in [9.17, 15) is 14.4 Å². The van der Waals surface area contributed by atoms with E-state index in [4.69, 9.17) is 9.47 Å². The minimum absolute atomic E-state index is 0. The summed E-state index contributed by atoms with van der Waals surface area (Å²) in [7, 11) is 0. The number of nitrogens with zero attached hydrogens (tertiary/aromatic N) is 2. The average molecular weight is 433 g/mol. The highest BCUT2D eigenvalue weighted by molar-refractivity contribution is 8.00. The van der Waals surface area contributed by atoms with Gasteiger partial charge in [-0.2, -0.15) is 0 Å². The fourth-order valence-electron chi connectivity index (χ4n) is 2.83. The molecular weight excluding hydrogens is 408 g/mol.